The molecule has 0 unspecified atom stereocenters. The number of nitrogens with two attached hydrogens (primary N) is 1. The van der Waals surface area contributed by atoms with Crippen LogP contribution in [0.15, 0.2) is 18.3 Å². The van der Waals surface area contributed by atoms with E-state index in [1.165, 1.54) is 0 Å². The van der Waals surface area contributed by atoms with Crippen LogP contribution in [0.3, 0.4) is 0 Å². The molecule has 0 atom stereocenters. The van der Waals surface area contributed by atoms with E-state index in [1.54, 1.807) is 19.2 Å². The van der Waals surface area contributed by atoms with Gasteiger partial charge in [-0.2, -0.15) is 0 Å². The Hall–Kier alpha value is -1.69. The molecule has 0 aromatic carbocycles. The smallest absolute Gasteiger partial charge is 0.305 e. The van der Waals surface area contributed by atoms with Crippen molar-refractivity contribution in [2.45, 2.75) is 19.8 Å². The maximum absolute atomic E-state index is 11.1. The van der Waals surface area contributed by atoms with Crippen molar-refractivity contribution >= 4 is 29.0 Å². The average molecular weight is 267 g/mol. The number of ether oxygens (including phenoxy) is 1. The summed E-state index contributed by atoms with van der Waals surface area (Å²) in [5.41, 5.74) is 6.30. The summed E-state index contributed by atoms with van der Waals surface area (Å²) >= 11 is 4.93. The standard InChI is InChI=1S/C12H17N3O2S/c1-2-17-10(16)6-4-8-15-12-9(11(13)18)5-3-7-14-12/h3,5,7H,2,4,6,8H2,1H3,(H2,13,18)(H,14,15). The van der Waals surface area contributed by atoms with Gasteiger partial charge in [-0.3, -0.25) is 4.79 Å². The Morgan fingerprint density at radius 3 is 3.06 bits per heavy atom. The lowest BCUT2D eigenvalue weighted by Crippen LogP contribution is -2.15. The van der Waals surface area contributed by atoms with Crippen molar-refractivity contribution < 1.29 is 9.53 Å². The number of hydrogen-bond donors (Lipinski definition) is 2. The van der Waals surface area contributed by atoms with Gasteiger partial charge >= 0.3 is 5.97 Å². The molecule has 0 aliphatic rings. The zero-order chi connectivity index (χ0) is 13.4. The Morgan fingerprint density at radius 2 is 2.39 bits per heavy atom. The highest BCUT2D eigenvalue weighted by molar-refractivity contribution is 7.80. The lowest BCUT2D eigenvalue weighted by Gasteiger charge is -2.09. The van der Waals surface area contributed by atoms with E-state index in [9.17, 15) is 4.79 Å². The minimum atomic E-state index is -0.185. The Morgan fingerprint density at radius 1 is 1.61 bits per heavy atom. The Kier molecular flexibility index (Phi) is 6.07. The molecule has 0 saturated carbocycles. The molecule has 18 heavy (non-hydrogen) atoms. The minimum absolute atomic E-state index is 0.185. The normalized spacial score (nSPS) is 9.83. The summed E-state index contributed by atoms with van der Waals surface area (Å²) in [6.45, 7) is 2.82. The van der Waals surface area contributed by atoms with E-state index in [0.717, 1.165) is 0 Å². The van der Waals surface area contributed by atoms with Crippen LogP contribution in [-0.2, 0) is 9.53 Å². The summed E-state index contributed by atoms with van der Waals surface area (Å²) in [4.78, 5) is 15.6. The summed E-state index contributed by atoms with van der Waals surface area (Å²) in [6, 6.07) is 3.58. The van der Waals surface area contributed by atoms with Gasteiger partial charge in [-0.05, 0) is 25.5 Å². The largest absolute Gasteiger partial charge is 0.466 e. The Balaban J connectivity index is 2.40. The molecule has 6 heteroatoms. The second-order valence-corrected chi connectivity index (χ2v) is 4.04. The fourth-order valence-electron chi connectivity index (χ4n) is 1.42. The molecule has 0 radical (unpaired) electrons. The van der Waals surface area contributed by atoms with Crippen molar-refractivity contribution in [3.8, 4) is 0 Å². The van der Waals surface area contributed by atoms with E-state index in [-0.39, 0.29) is 5.97 Å². The second-order valence-electron chi connectivity index (χ2n) is 3.60. The minimum Gasteiger partial charge on any atom is -0.466 e. The second kappa shape index (κ2) is 7.60. The van der Waals surface area contributed by atoms with E-state index < -0.39 is 0 Å². The van der Waals surface area contributed by atoms with Gasteiger partial charge < -0.3 is 15.8 Å². The van der Waals surface area contributed by atoms with E-state index in [1.807, 2.05) is 6.07 Å². The molecule has 0 saturated heterocycles. The van der Waals surface area contributed by atoms with Crippen LogP contribution in [0, 0.1) is 0 Å². The van der Waals surface area contributed by atoms with Gasteiger partial charge in [-0.1, -0.05) is 12.2 Å². The third-order valence-electron chi connectivity index (χ3n) is 2.23. The summed E-state index contributed by atoms with van der Waals surface area (Å²) in [5.74, 6) is 0.462. The van der Waals surface area contributed by atoms with Gasteiger partial charge in [0.2, 0.25) is 0 Å². The quantitative estimate of drug-likeness (QED) is 0.442. The molecule has 0 aliphatic heterocycles. The number of anilines is 1. The molecule has 0 spiro atoms. The van der Waals surface area contributed by atoms with Crippen molar-refractivity contribution in [3.63, 3.8) is 0 Å². The van der Waals surface area contributed by atoms with Crippen LogP contribution in [0.5, 0.6) is 0 Å². The predicted octanol–water partition coefficient (Wildman–Crippen LogP) is 1.47. The molecule has 1 aromatic heterocycles. The monoisotopic (exact) mass is 267 g/mol. The van der Waals surface area contributed by atoms with Gasteiger partial charge in [-0.15, -0.1) is 0 Å². The third-order valence-corrected chi connectivity index (χ3v) is 2.45. The molecule has 0 bridgehead atoms. The first kappa shape index (κ1) is 14.4. The number of carbonyl (C=O) groups excluding carboxylic acids is 1. The van der Waals surface area contributed by atoms with Crippen LogP contribution in [-0.4, -0.2) is 29.1 Å². The summed E-state index contributed by atoms with van der Waals surface area (Å²) in [6.07, 6.45) is 2.72. The molecule has 0 fully saturated rings. The van der Waals surface area contributed by atoms with E-state index in [4.69, 9.17) is 22.7 Å². The summed E-state index contributed by atoms with van der Waals surface area (Å²) in [5, 5.41) is 3.11. The highest BCUT2D eigenvalue weighted by Gasteiger charge is 2.06. The van der Waals surface area contributed by atoms with Crippen LogP contribution in [0.4, 0.5) is 5.82 Å². The van der Waals surface area contributed by atoms with E-state index in [2.05, 4.69) is 10.3 Å². The number of nitrogens with zero attached hydrogens (tertiary/aromatic N) is 1. The molecule has 1 heterocycles. The average Bonchev–Trinajstić information content (AvgIpc) is 2.35. The van der Waals surface area contributed by atoms with Gasteiger partial charge in [0, 0.05) is 19.2 Å². The topological polar surface area (TPSA) is 77.2 Å². The van der Waals surface area contributed by atoms with Crippen molar-refractivity contribution in [2.24, 2.45) is 5.73 Å². The maximum Gasteiger partial charge on any atom is 0.305 e. The number of nitrogens with one attached hydrogen (secondary N) is 1. The van der Waals surface area contributed by atoms with Crippen LogP contribution in [0.25, 0.3) is 0 Å². The van der Waals surface area contributed by atoms with Crippen molar-refractivity contribution in [2.75, 3.05) is 18.5 Å². The lowest BCUT2D eigenvalue weighted by atomic mass is 10.2. The molecular formula is C12H17N3O2S. The molecular weight excluding hydrogens is 250 g/mol. The first-order valence-corrected chi connectivity index (χ1v) is 6.20. The van der Waals surface area contributed by atoms with Crippen molar-refractivity contribution in [1.82, 2.24) is 4.98 Å². The van der Waals surface area contributed by atoms with Gasteiger partial charge in [-0.25, -0.2) is 4.98 Å². The first-order valence-electron chi connectivity index (χ1n) is 5.79. The summed E-state index contributed by atoms with van der Waals surface area (Å²) in [7, 11) is 0. The fourth-order valence-corrected chi connectivity index (χ4v) is 1.58. The molecule has 0 amide bonds. The van der Waals surface area contributed by atoms with Gasteiger partial charge in [0.25, 0.3) is 0 Å². The highest BCUT2D eigenvalue weighted by atomic mass is 32.1. The molecule has 0 aliphatic carbocycles. The summed E-state index contributed by atoms with van der Waals surface area (Å²) < 4.78 is 4.83. The van der Waals surface area contributed by atoms with Crippen LogP contribution >= 0.6 is 12.2 Å². The van der Waals surface area contributed by atoms with Gasteiger partial charge in [0.1, 0.15) is 10.8 Å². The predicted molar refractivity (Wildman–Crippen MR) is 74.5 cm³/mol. The molecule has 98 valence electrons. The van der Waals surface area contributed by atoms with Crippen LogP contribution in [0.1, 0.15) is 25.3 Å². The van der Waals surface area contributed by atoms with Gasteiger partial charge in [0.15, 0.2) is 0 Å². The lowest BCUT2D eigenvalue weighted by molar-refractivity contribution is -0.143. The first-order chi connectivity index (χ1) is 8.65. The molecule has 1 rings (SSSR count). The number of hydrogen-bond acceptors (Lipinski definition) is 5. The van der Waals surface area contributed by atoms with Gasteiger partial charge in [0.05, 0.1) is 12.2 Å². The number of aromatic nitrogens is 1. The third kappa shape index (κ3) is 4.67. The van der Waals surface area contributed by atoms with Crippen molar-refractivity contribution in [3.05, 3.63) is 23.9 Å². The fraction of sp³-hybridized carbons (Fsp3) is 0.417. The van der Waals surface area contributed by atoms with Crippen molar-refractivity contribution in [1.29, 1.82) is 0 Å². The van der Waals surface area contributed by atoms with E-state index >= 15 is 0 Å². The maximum atomic E-state index is 11.1. The number of esters is 1. The number of pyridine rings is 1. The van der Waals surface area contributed by atoms with Crippen LogP contribution < -0.4 is 11.1 Å². The molecule has 1 aromatic rings. The van der Waals surface area contributed by atoms with Crippen LogP contribution in [0.2, 0.25) is 0 Å². The molecule has 5 nitrogen and oxygen atoms in total. The number of carbonyl (C=O) groups is 1. The Labute approximate surface area is 112 Å². The SMILES string of the molecule is CCOC(=O)CCCNc1ncccc1C(N)=S. The number of thiocarbonyl (C=S) groups is 1. The van der Waals surface area contributed by atoms with E-state index in [0.29, 0.717) is 42.4 Å². The zero-order valence-electron chi connectivity index (χ0n) is 10.3. The molecule has 3 N–H and O–H groups in total. The zero-order valence-corrected chi connectivity index (χ0v) is 11.1. The highest BCUT2D eigenvalue weighted by Crippen LogP contribution is 2.11. The Bertz CT molecular complexity index is 424. The number of rotatable bonds is 7.